The Kier molecular flexibility index (Phi) is 7.01. The second-order valence-corrected chi connectivity index (χ2v) is 7.18. The summed E-state index contributed by atoms with van der Waals surface area (Å²) in [5.41, 5.74) is 3.04. The van der Waals surface area contributed by atoms with Gasteiger partial charge in [-0.15, -0.1) is 0 Å². The lowest BCUT2D eigenvalue weighted by atomic mass is 9.75. The summed E-state index contributed by atoms with van der Waals surface area (Å²) < 4.78 is 0. The monoisotopic (exact) mass is 443 g/mol. The Morgan fingerprint density at radius 2 is 1.80 bits per heavy atom. The van der Waals surface area contributed by atoms with Crippen molar-refractivity contribution >= 4 is 46.6 Å². The summed E-state index contributed by atoms with van der Waals surface area (Å²) in [5.74, 6) is -1.17. The van der Waals surface area contributed by atoms with Crippen LogP contribution in [0.2, 0.25) is 10.0 Å². The third-order valence-corrected chi connectivity index (χ3v) is 4.82. The summed E-state index contributed by atoms with van der Waals surface area (Å²) in [7, 11) is 0. The van der Waals surface area contributed by atoms with Crippen LogP contribution in [0.4, 0.5) is 10.5 Å². The van der Waals surface area contributed by atoms with Crippen molar-refractivity contribution in [2.45, 2.75) is 19.3 Å². The number of nitriles is 2. The fourth-order valence-corrected chi connectivity index (χ4v) is 3.47. The molecule has 8 nitrogen and oxygen atoms in total. The summed E-state index contributed by atoms with van der Waals surface area (Å²) in [5, 5.41) is 33.4. The Bertz CT molecular complexity index is 1090. The fraction of sp³-hybridized carbons (Fsp3) is 0.150. The molecule has 0 heterocycles. The summed E-state index contributed by atoms with van der Waals surface area (Å²) in [6.07, 6.45) is -1.61. The van der Waals surface area contributed by atoms with E-state index in [1.54, 1.807) is 44.2 Å². The number of anilines is 1. The van der Waals surface area contributed by atoms with Gasteiger partial charge >= 0.3 is 6.09 Å². The first kappa shape index (κ1) is 22.7. The van der Waals surface area contributed by atoms with E-state index in [1.807, 2.05) is 0 Å². The second-order valence-electron chi connectivity index (χ2n) is 6.34. The van der Waals surface area contributed by atoms with E-state index >= 15 is 0 Å². The normalized spacial score (nSPS) is 12.8. The molecule has 0 radical (unpaired) electrons. The average molecular weight is 444 g/mol. The van der Waals surface area contributed by atoms with E-state index in [2.05, 4.69) is 16.6 Å². The molecule has 2 aromatic carbocycles. The molecule has 0 saturated carbocycles. The van der Waals surface area contributed by atoms with Crippen molar-refractivity contribution in [3.63, 3.8) is 0 Å². The number of carboxylic acid groups (broad SMARTS) is 1. The SMILES string of the molecule is Cc1cc(NN=C(C#N)C(=O)NC(=O)O)cc(Cl)c1C(C)(C#N)c1ccc(Cl)cc1. The van der Waals surface area contributed by atoms with Crippen molar-refractivity contribution in [1.82, 2.24) is 5.32 Å². The van der Waals surface area contributed by atoms with Gasteiger partial charge in [-0.05, 0) is 54.8 Å². The van der Waals surface area contributed by atoms with Gasteiger partial charge in [0.15, 0.2) is 0 Å². The number of hydrogen-bond acceptors (Lipinski definition) is 6. The van der Waals surface area contributed by atoms with E-state index in [4.69, 9.17) is 33.6 Å². The highest BCUT2D eigenvalue weighted by Crippen LogP contribution is 2.39. The first-order valence-corrected chi connectivity index (χ1v) is 9.14. The minimum absolute atomic E-state index is 0.264. The van der Waals surface area contributed by atoms with Gasteiger partial charge in [0.2, 0.25) is 5.71 Å². The third kappa shape index (κ3) is 4.87. The first-order chi connectivity index (χ1) is 14.1. The predicted octanol–water partition coefficient (Wildman–Crippen LogP) is 4.22. The van der Waals surface area contributed by atoms with Crippen molar-refractivity contribution in [3.05, 3.63) is 63.1 Å². The van der Waals surface area contributed by atoms with Crippen LogP contribution in [0.5, 0.6) is 0 Å². The number of carbonyl (C=O) groups excluding carboxylic acids is 1. The highest BCUT2D eigenvalue weighted by atomic mass is 35.5. The minimum Gasteiger partial charge on any atom is -0.465 e. The minimum atomic E-state index is -1.61. The van der Waals surface area contributed by atoms with Gasteiger partial charge in [-0.25, -0.2) is 4.79 Å². The summed E-state index contributed by atoms with van der Waals surface area (Å²) in [6.45, 7) is 3.49. The Hall–Kier alpha value is -3.59. The Balaban J connectivity index is 2.42. The van der Waals surface area contributed by atoms with Crippen LogP contribution in [0.3, 0.4) is 0 Å². The number of nitrogens with zero attached hydrogens (tertiary/aromatic N) is 3. The van der Waals surface area contributed by atoms with E-state index in [0.29, 0.717) is 27.4 Å². The number of aryl methyl sites for hydroxylation is 1. The molecular weight excluding hydrogens is 429 g/mol. The first-order valence-electron chi connectivity index (χ1n) is 8.38. The zero-order valence-electron chi connectivity index (χ0n) is 15.8. The van der Waals surface area contributed by atoms with Crippen LogP contribution in [0, 0.1) is 29.6 Å². The van der Waals surface area contributed by atoms with E-state index in [0.717, 1.165) is 0 Å². The number of halogens is 2. The number of benzene rings is 2. The number of amides is 2. The molecule has 3 N–H and O–H groups in total. The summed E-state index contributed by atoms with van der Waals surface area (Å²) >= 11 is 12.4. The van der Waals surface area contributed by atoms with Crippen molar-refractivity contribution in [3.8, 4) is 12.1 Å². The van der Waals surface area contributed by atoms with E-state index in [9.17, 15) is 14.9 Å². The Morgan fingerprint density at radius 3 is 2.30 bits per heavy atom. The number of rotatable bonds is 5. The zero-order chi connectivity index (χ0) is 22.5. The van der Waals surface area contributed by atoms with Gasteiger partial charge in [-0.1, -0.05) is 35.3 Å². The molecule has 2 rings (SSSR count). The maximum absolute atomic E-state index is 11.6. The van der Waals surface area contributed by atoms with Gasteiger partial charge in [0.25, 0.3) is 5.91 Å². The molecule has 0 aliphatic carbocycles. The molecule has 0 saturated heterocycles. The van der Waals surface area contributed by atoms with Crippen LogP contribution in [0.15, 0.2) is 41.5 Å². The van der Waals surface area contributed by atoms with Gasteiger partial charge in [0.1, 0.15) is 11.5 Å². The summed E-state index contributed by atoms with van der Waals surface area (Å²) in [4.78, 5) is 22.1. The van der Waals surface area contributed by atoms with Crippen LogP contribution >= 0.6 is 23.2 Å². The van der Waals surface area contributed by atoms with Gasteiger partial charge in [-0.2, -0.15) is 15.6 Å². The van der Waals surface area contributed by atoms with Crippen molar-refractivity contribution in [2.75, 3.05) is 5.43 Å². The molecule has 1 atom stereocenters. The second kappa shape index (κ2) is 9.27. The largest absolute Gasteiger partial charge is 0.465 e. The Labute approximate surface area is 182 Å². The van der Waals surface area contributed by atoms with E-state index < -0.39 is 23.1 Å². The van der Waals surface area contributed by atoms with E-state index in [1.165, 1.54) is 17.5 Å². The number of hydrogen-bond donors (Lipinski definition) is 3. The van der Waals surface area contributed by atoms with Crippen LogP contribution in [0.25, 0.3) is 0 Å². The van der Waals surface area contributed by atoms with Crippen LogP contribution < -0.4 is 10.7 Å². The molecule has 0 aliphatic rings. The third-order valence-electron chi connectivity index (χ3n) is 4.27. The van der Waals surface area contributed by atoms with Crippen LogP contribution in [-0.4, -0.2) is 22.8 Å². The smallest absolute Gasteiger partial charge is 0.411 e. The van der Waals surface area contributed by atoms with Gasteiger partial charge in [0.05, 0.1) is 11.8 Å². The lowest BCUT2D eigenvalue weighted by Gasteiger charge is -2.26. The topological polar surface area (TPSA) is 138 Å². The number of carbonyl (C=O) groups is 2. The highest BCUT2D eigenvalue weighted by molar-refractivity contribution is 6.46. The van der Waals surface area contributed by atoms with Crippen molar-refractivity contribution in [1.29, 1.82) is 10.5 Å². The molecule has 1 unspecified atom stereocenters. The molecule has 30 heavy (non-hydrogen) atoms. The molecular formula is C20H15Cl2N5O3. The predicted molar refractivity (Wildman–Crippen MR) is 113 cm³/mol. The molecule has 2 amide bonds. The molecule has 10 heteroatoms. The zero-order valence-corrected chi connectivity index (χ0v) is 17.3. The van der Waals surface area contributed by atoms with Crippen molar-refractivity contribution < 1.29 is 14.7 Å². The molecule has 0 spiro atoms. The maximum atomic E-state index is 11.6. The molecule has 152 valence electrons. The lowest BCUT2D eigenvalue weighted by molar-refractivity contribution is -0.114. The number of nitrogens with one attached hydrogen (secondary N) is 2. The highest BCUT2D eigenvalue weighted by Gasteiger charge is 2.33. The molecule has 0 aliphatic heterocycles. The quantitative estimate of drug-likeness (QED) is 0.466. The van der Waals surface area contributed by atoms with Gasteiger partial charge < -0.3 is 5.11 Å². The molecule has 2 aromatic rings. The lowest BCUT2D eigenvalue weighted by Crippen LogP contribution is -2.34. The van der Waals surface area contributed by atoms with Crippen LogP contribution in [-0.2, 0) is 10.2 Å². The number of hydrazone groups is 1. The average Bonchev–Trinajstić information content (AvgIpc) is 2.67. The number of imide groups is 1. The van der Waals surface area contributed by atoms with Gasteiger partial charge in [0, 0.05) is 10.0 Å². The standard InChI is InChI=1S/C20H15Cl2N5O3/c1-11-7-14(26-27-16(9-23)18(28)25-19(29)30)8-15(22)17(11)20(2,10-24)12-3-5-13(21)6-4-12/h3-8,26H,1-2H3,(H,25,28)(H,29,30). The van der Waals surface area contributed by atoms with Crippen molar-refractivity contribution in [2.24, 2.45) is 5.10 Å². The van der Waals surface area contributed by atoms with E-state index in [-0.39, 0.29) is 5.02 Å². The Morgan fingerprint density at radius 1 is 1.17 bits per heavy atom. The van der Waals surface area contributed by atoms with Gasteiger partial charge in [-0.3, -0.25) is 15.5 Å². The van der Waals surface area contributed by atoms with Crippen LogP contribution in [0.1, 0.15) is 23.6 Å². The molecule has 0 aromatic heterocycles. The molecule has 0 fully saturated rings. The fourth-order valence-electron chi connectivity index (χ4n) is 2.89. The molecule has 0 bridgehead atoms. The summed E-state index contributed by atoms with van der Waals surface area (Å²) in [6, 6.07) is 13.8. The maximum Gasteiger partial charge on any atom is 0.411 e.